The molecule has 3 heteroatoms. The maximum absolute atomic E-state index is 6.12. The molecule has 0 heterocycles. The minimum atomic E-state index is 0.0829. The molecule has 2 nitrogen and oxygen atoms in total. The van der Waals surface area contributed by atoms with Crippen molar-refractivity contribution in [1.29, 1.82) is 0 Å². The minimum absolute atomic E-state index is 0.0829. The number of hydrogen-bond acceptors (Lipinski definition) is 2. The van der Waals surface area contributed by atoms with Crippen molar-refractivity contribution in [2.24, 2.45) is 5.92 Å². The van der Waals surface area contributed by atoms with Crippen molar-refractivity contribution >= 4 is 11.6 Å². The molecule has 0 aliphatic rings. The van der Waals surface area contributed by atoms with Gasteiger partial charge in [0, 0.05) is 11.6 Å². The Kier molecular flexibility index (Phi) is 8.92. The molecule has 1 aromatic carbocycles. The zero-order valence-corrected chi connectivity index (χ0v) is 13.7. The molecule has 0 bridgehead atoms. The van der Waals surface area contributed by atoms with Gasteiger partial charge in [0.1, 0.15) is 0 Å². The van der Waals surface area contributed by atoms with E-state index in [0.29, 0.717) is 5.92 Å². The topological polar surface area (TPSA) is 21.3 Å². The van der Waals surface area contributed by atoms with E-state index in [1.807, 2.05) is 18.2 Å². The molecule has 114 valence electrons. The Morgan fingerprint density at radius 1 is 1.25 bits per heavy atom. The van der Waals surface area contributed by atoms with Crippen LogP contribution in [0.2, 0.25) is 5.02 Å². The van der Waals surface area contributed by atoms with Crippen molar-refractivity contribution in [2.45, 2.75) is 46.1 Å². The van der Waals surface area contributed by atoms with E-state index in [1.54, 1.807) is 0 Å². The summed E-state index contributed by atoms with van der Waals surface area (Å²) < 4.78 is 6.12. The van der Waals surface area contributed by atoms with Crippen molar-refractivity contribution < 1.29 is 4.74 Å². The summed E-state index contributed by atoms with van der Waals surface area (Å²) in [7, 11) is 0. The molecule has 0 aromatic heterocycles. The highest BCUT2D eigenvalue weighted by Crippen LogP contribution is 2.22. The largest absolute Gasteiger partial charge is 0.372 e. The number of ether oxygens (including phenoxy) is 1. The molecule has 0 saturated carbocycles. The van der Waals surface area contributed by atoms with Gasteiger partial charge in [-0.05, 0) is 43.0 Å². The summed E-state index contributed by atoms with van der Waals surface area (Å²) >= 11 is 6.09. The summed E-state index contributed by atoms with van der Waals surface area (Å²) in [5.41, 5.74) is 1.16. The lowest BCUT2D eigenvalue weighted by molar-refractivity contribution is 0.0300. The van der Waals surface area contributed by atoms with Crippen molar-refractivity contribution in [3.05, 3.63) is 34.9 Å². The second-order valence-corrected chi connectivity index (χ2v) is 5.91. The van der Waals surface area contributed by atoms with Crippen molar-refractivity contribution in [2.75, 3.05) is 19.7 Å². The van der Waals surface area contributed by atoms with Gasteiger partial charge in [0.25, 0.3) is 0 Å². The summed E-state index contributed by atoms with van der Waals surface area (Å²) in [5, 5.41) is 4.21. The standard InChI is InChI=1S/C17H28ClNO/c1-4-7-14(3)13-20-17(12-19-10-5-2)15-8-6-9-16(18)11-15/h6,8-9,11,14,17,19H,4-5,7,10,12-13H2,1-3H3. The molecule has 0 aliphatic heterocycles. The van der Waals surface area contributed by atoms with Crippen LogP contribution in [0.1, 0.15) is 51.7 Å². The summed E-state index contributed by atoms with van der Waals surface area (Å²) in [6, 6.07) is 7.99. The zero-order chi connectivity index (χ0) is 14.8. The van der Waals surface area contributed by atoms with E-state index in [2.05, 4.69) is 32.2 Å². The van der Waals surface area contributed by atoms with E-state index in [1.165, 1.54) is 12.8 Å². The van der Waals surface area contributed by atoms with Gasteiger partial charge in [-0.25, -0.2) is 0 Å². The predicted octanol–water partition coefficient (Wildman–Crippen LogP) is 4.83. The van der Waals surface area contributed by atoms with E-state index < -0.39 is 0 Å². The van der Waals surface area contributed by atoms with Gasteiger partial charge in [0.2, 0.25) is 0 Å². The maximum atomic E-state index is 6.12. The molecule has 0 radical (unpaired) electrons. The molecule has 1 N–H and O–H groups in total. The van der Waals surface area contributed by atoms with E-state index in [0.717, 1.165) is 36.7 Å². The third-order valence-electron chi connectivity index (χ3n) is 3.34. The van der Waals surface area contributed by atoms with E-state index in [-0.39, 0.29) is 6.10 Å². The molecule has 1 rings (SSSR count). The highest BCUT2D eigenvalue weighted by molar-refractivity contribution is 6.30. The Morgan fingerprint density at radius 3 is 2.70 bits per heavy atom. The molecule has 0 fully saturated rings. The number of nitrogens with one attached hydrogen (secondary N) is 1. The Morgan fingerprint density at radius 2 is 2.05 bits per heavy atom. The van der Waals surface area contributed by atoms with Crippen LogP contribution in [-0.2, 0) is 4.74 Å². The molecule has 0 aliphatic carbocycles. The SMILES string of the molecule is CCCNCC(OCC(C)CCC)c1cccc(Cl)c1. The highest BCUT2D eigenvalue weighted by Gasteiger charge is 2.13. The number of rotatable bonds is 10. The Hall–Kier alpha value is -0.570. The average molecular weight is 298 g/mol. The summed E-state index contributed by atoms with van der Waals surface area (Å²) in [4.78, 5) is 0. The number of hydrogen-bond donors (Lipinski definition) is 1. The summed E-state index contributed by atoms with van der Waals surface area (Å²) in [6.45, 7) is 9.30. The smallest absolute Gasteiger partial charge is 0.0949 e. The van der Waals surface area contributed by atoms with Gasteiger partial charge < -0.3 is 10.1 Å². The lowest BCUT2D eigenvalue weighted by Crippen LogP contribution is -2.25. The molecule has 2 unspecified atom stereocenters. The van der Waals surface area contributed by atoms with E-state index >= 15 is 0 Å². The first-order valence-electron chi connectivity index (χ1n) is 7.75. The van der Waals surface area contributed by atoms with E-state index in [9.17, 15) is 0 Å². The Bertz CT molecular complexity index is 370. The van der Waals surface area contributed by atoms with Gasteiger partial charge in [0.05, 0.1) is 12.7 Å². The molecule has 0 amide bonds. The predicted molar refractivity (Wildman–Crippen MR) is 87.4 cm³/mol. The third-order valence-corrected chi connectivity index (χ3v) is 3.58. The fraction of sp³-hybridized carbons (Fsp3) is 0.647. The second kappa shape index (κ2) is 10.2. The van der Waals surface area contributed by atoms with Crippen molar-refractivity contribution in [3.8, 4) is 0 Å². The van der Waals surface area contributed by atoms with Crippen LogP contribution >= 0.6 is 11.6 Å². The normalized spacial score (nSPS) is 14.2. The van der Waals surface area contributed by atoms with E-state index in [4.69, 9.17) is 16.3 Å². The van der Waals surface area contributed by atoms with Gasteiger partial charge in [-0.2, -0.15) is 0 Å². The molecule has 20 heavy (non-hydrogen) atoms. The molecular formula is C17H28ClNO. The first-order valence-corrected chi connectivity index (χ1v) is 8.12. The van der Waals surface area contributed by atoms with Crippen LogP contribution in [0.4, 0.5) is 0 Å². The average Bonchev–Trinajstić information content (AvgIpc) is 2.43. The third kappa shape index (κ3) is 6.74. The van der Waals surface area contributed by atoms with Crippen LogP contribution in [0, 0.1) is 5.92 Å². The van der Waals surface area contributed by atoms with Gasteiger partial charge in [0.15, 0.2) is 0 Å². The summed E-state index contributed by atoms with van der Waals surface area (Å²) in [5.74, 6) is 0.604. The Labute approximate surface area is 128 Å². The van der Waals surface area contributed by atoms with Crippen molar-refractivity contribution in [1.82, 2.24) is 5.32 Å². The monoisotopic (exact) mass is 297 g/mol. The maximum Gasteiger partial charge on any atom is 0.0949 e. The molecule has 2 atom stereocenters. The second-order valence-electron chi connectivity index (χ2n) is 5.47. The highest BCUT2D eigenvalue weighted by atomic mass is 35.5. The van der Waals surface area contributed by atoms with Gasteiger partial charge >= 0.3 is 0 Å². The first kappa shape index (κ1) is 17.5. The zero-order valence-electron chi connectivity index (χ0n) is 13.0. The number of benzene rings is 1. The fourth-order valence-electron chi connectivity index (χ4n) is 2.25. The quantitative estimate of drug-likeness (QED) is 0.624. The van der Waals surface area contributed by atoms with Gasteiger partial charge in [-0.1, -0.05) is 50.9 Å². The van der Waals surface area contributed by atoms with Crippen LogP contribution in [0.5, 0.6) is 0 Å². The van der Waals surface area contributed by atoms with Crippen LogP contribution < -0.4 is 5.32 Å². The first-order chi connectivity index (χ1) is 9.67. The van der Waals surface area contributed by atoms with Crippen LogP contribution in [-0.4, -0.2) is 19.7 Å². The number of halogens is 1. The van der Waals surface area contributed by atoms with Crippen LogP contribution in [0.15, 0.2) is 24.3 Å². The van der Waals surface area contributed by atoms with Crippen LogP contribution in [0.3, 0.4) is 0 Å². The Balaban J connectivity index is 2.59. The van der Waals surface area contributed by atoms with Gasteiger partial charge in [-0.15, -0.1) is 0 Å². The lowest BCUT2D eigenvalue weighted by Gasteiger charge is -2.21. The molecule has 1 aromatic rings. The fourth-order valence-corrected chi connectivity index (χ4v) is 2.45. The molecular weight excluding hydrogens is 270 g/mol. The molecule has 0 saturated heterocycles. The summed E-state index contributed by atoms with van der Waals surface area (Å²) in [6.07, 6.45) is 3.64. The molecule has 0 spiro atoms. The van der Waals surface area contributed by atoms with Gasteiger partial charge in [-0.3, -0.25) is 0 Å². The van der Waals surface area contributed by atoms with Crippen LogP contribution in [0.25, 0.3) is 0 Å². The minimum Gasteiger partial charge on any atom is -0.372 e. The lowest BCUT2D eigenvalue weighted by atomic mass is 10.1. The van der Waals surface area contributed by atoms with Crippen molar-refractivity contribution in [3.63, 3.8) is 0 Å².